The first-order valence-corrected chi connectivity index (χ1v) is 6.28. The first-order chi connectivity index (χ1) is 9.16. The molecule has 0 spiro atoms. The number of aryl methyl sites for hydroxylation is 1. The van der Waals surface area contributed by atoms with Gasteiger partial charge in [0, 0.05) is 26.1 Å². The minimum absolute atomic E-state index is 0.0354. The molecule has 0 radical (unpaired) electrons. The zero-order chi connectivity index (χ0) is 15.2. The smallest absolute Gasteiger partial charge is 0.315 e. The number of aromatic nitrogens is 4. The summed E-state index contributed by atoms with van der Waals surface area (Å²) in [5.41, 5.74) is -0.765. The summed E-state index contributed by atoms with van der Waals surface area (Å²) in [6, 6.07) is 0. The molecule has 2 rings (SSSR count). The summed E-state index contributed by atoms with van der Waals surface area (Å²) in [6.45, 7) is 5.52. The first-order valence-electron chi connectivity index (χ1n) is 6.28. The van der Waals surface area contributed by atoms with Crippen molar-refractivity contribution < 1.29 is 4.79 Å². The fourth-order valence-electron chi connectivity index (χ4n) is 2.09. The van der Waals surface area contributed by atoms with E-state index in [1.54, 1.807) is 11.6 Å². The fourth-order valence-corrected chi connectivity index (χ4v) is 2.09. The van der Waals surface area contributed by atoms with Crippen molar-refractivity contribution in [2.24, 2.45) is 19.5 Å². The van der Waals surface area contributed by atoms with Crippen LogP contribution in [0.3, 0.4) is 0 Å². The average molecular weight is 278 g/mol. The molecule has 0 N–H and O–H groups in total. The van der Waals surface area contributed by atoms with Crippen molar-refractivity contribution in [2.45, 2.75) is 27.3 Å². The van der Waals surface area contributed by atoms with Gasteiger partial charge in [0.05, 0.1) is 6.33 Å². The van der Waals surface area contributed by atoms with Crippen molar-refractivity contribution in [3.8, 4) is 0 Å². The Kier molecular flexibility index (Phi) is 3.15. The minimum Gasteiger partial charge on any atom is -0.315 e. The lowest BCUT2D eigenvalue weighted by molar-refractivity contribution is -0.125. The second-order valence-corrected chi connectivity index (χ2v) is 5.69. The lowest BCUT2D eigenvalue weighted by atomic mass is 9.89. The topological polar surface area (TPSA) is 78.9 Å². The van der Waals surface area contributed by atoms with Gasteiger partial charge >= 0.3 is 5.69 Å². The highest BCUT2D eigenvalue weighted by Crippen LogP contribution is 2.21. The summed E-state index contributed by atoms with van der Waals surface area (Å²) in [6.07, 6.45) is 1.50. The number of nitrogens with zero attached hydrogens (tertiary/aromatic N) is 4. The van der Waals surface area contributed by atoms with Gasteiger partial charge in [0.25, 0.3) is 5.56 Å². The summed E-state index contributed by atoms with van der Waals surface area (Å²) in [4.78, 5) is 39.7. The molecule has 7 heteroatoms. The highest BCUT2D eigenvalue weighted by molar-refractivity contribution is 5.81. The van der Waals surface area contributed by atoms with E-state index in [4.69, 9.17) is 0 Å². The zero-order valence-electron chi connectivity index (χ0n) is 12.3. The SMILES string of the molecule is CC(=O)C(C)(C)Cn1cnc2c(=O)n(C)c(=O)n(C)c21. The van der Waals surface area contributed by atoms with Crippen molar-refractivity contribution >= 4 is 16.9 Å². The van der Waals surface area contributed by atoms with Crippen LogP contribution >= 0.6 is 0 Å². The molecule has 0 saturated carbocycles. The molecule has 7 nitrogen and oxygen atoms in total. The third-order valence-corrected chi connectivity index (χ3v) is 3.73. The Morgan fingerprint density at radius 2 is 1.85 bits per heavy atom. The lowest BCUT2D eigenvalue weighted by Gasteiger charge is -2.22. The van der Waals surface area contributed by atoms with E-state index in [1.165, 1.54) is 24.9 Å². The first kappa shape index (κ1) is 14.2. The molecule has 0 unspecified atom stereocenters. The van der Waals surface area contributed by atoms with Crippen LogP contribution in [0.5, 0.6) is 0 Å². The molecule has 0 aliphatic heterocycles. The van der Waals surface area contributed by atoms with Crippen LogP contribution in [-0.2, 0) is 25.4 Å². The molecular formula is C13H18N4O3. The maximum Gasteiger partial charge on any atom is 0.332 e. The normalized spacial score (nSPS) is 12.1. The number of ketones is 1. The summed E-state index contributed by atoms with van der Waals surface area (Å²) in [5.74, 6) is 0.0354. The van der Waals surface area contributed by atoms with E-state index in [2.05, 4.69) is 4.98 Å². The Labute approximate surface area is 115 Å². The molecule has 0 aliphatic carbocycles. The van der Waals surface area contributed by atoms with Crippen molar-refractivity contribution in [1.82, 2.24) is 18.7 Å². The summed E-state index contributed by atoms with van der Waals surface area (Å²) < 4.78 is 4.08. The number of hydrogen-bond donors (Lipinski definition) is 0. The molecule has 0 aliphatic rings. The number of Topliss-reactive ketones (excluding diaryl/α,β-unsaturated/α-hetero) is 1. The lowest BCUT2D eigenvalue weighted by Crippen LogP contribution is -2.38. The van der Waals surface area contributed by atoms with Crippen molar-refractivity contribution in [3.05, 3.63) is 27.2 Å². The van der Waals surface area contributed by atoms with Crippen LogP contribution in [0, 0.1) is 5.41 Å². The third-order valence-electron chi connectivity index (χ3n) is 3.73. The Hall–Kier alpha value is -2.18. The summed E-state index contributed by atoms with van der Waals surface area (Å²) in [7, 11) is 3.01. The molecule has 0 saturated heterocycles. The molecule has 2 aromatic heterocycles. The van der Waals surface area contributed by atoms with E-state index in [9.17, 15) is 14.4 Å². The Balaban J connectivity index is 2.73. The van der Waals surface area contributed by atoms with Crippen LogP contribution in [0.2, 0.25) is 0 Å². The second-order valence-electron chi connectivity index (χ2n) is 5.69. The van der Waals surface area contributed by atoms with E-state index in [-0.39, 0.29) is 11.3 Å². The molecule has 2 heterocycles. The van der Waals surface area contributed by atoms with Gasteiger partial charge in [0.15, 0.2) is 5.52 Å². The van der Waals surface area contributed by atoms with Crippen LogP contribution in [-0.4, -0.2) is 24.5 Å². The zero-order valence-corrected chi connectivity index (χ0v) is 12.3. The van der Waals surface area contributed by atoms with Gasteiger partial charge in [0.1, 0.15) is 11.4 Å². The number of hydrogen-bond acceptors (Lipinski definition) is 4. The second kappa shape index (κ2) is 4.43. The quantitative estimate of drug-likeness (QED) is 0.794. The van der Waals surface area contributed by atoms with Gasteiger partial charge in [-0.05, 0) is 6.92 Å². The van der Waals surface area contributed by atoms with Crippen LogP contribution in [0.1, 0.15) is 20.8 Å². The Morgan fingerprint density at radius 3 is 2.40 bits per heavy atom. The number of carbonyl (C=O) groups is 1. The molecule has 20 heavy (non-hydrogen) atoms. The number of carbonyl (C=O) groups excluding carboxylic acids is 1. The van der Waals surface area contributed by atoms with Crippen molar-refractivity contribution in [2.75, 3.05) is 0 Å². The van der Waals surface area contributed by atoms with Gasteiger partial charge in [0.2, 0.25) is 0 Å². The standard InChI is InChI=1S/C13H18N4O3/c1-8(18)13(2,3)6-17-7-14-9-10(17)15(4)12(20)16(5)11(9)19/h7H,6H2,1-5H3. The van der Waals surface area contributed by atoms with Gasteiger partial charge < -0.3 is 4.57 Å². The van der Waals surface area contributed by atoms with Gasteiger partial charge in [-0.25, -0.2) is 9.78 Å². The van der Waals surface area contributed by atoms with E-state index < -0.39 is 16.7 Å². The molecule has 0 bridgehead atoms. The van der Waals surface area contributed by atoms with Crippen molar-refractivity contribution in [3.63, 3.8) is 0 Å². The van der Waals surface area contributed by atoms with E-state index in [1.807, 2.05) is 13.8 Å². The van der Waals surface area contributed by atoms with Gasteiger partial charge in [-0.1, -0.05) is 13.8 Å². The molecule has 2 aromatic rings. The number of rotatable bonds is 3. The number of imidazole rings is 1. The molecule has 0 amide bonds. The van der Waals surface area contributed by atoms with Crippen LogP contribution in [0.25, 0.3) is 11.2 Å². The summed E-state index contributed by atoms with van der Waals surface area (Å²) in [5, 5.41) is 0. The fraction of sp³-hybridized carbons (Fsp3) is 0.538. The summed E-state index contributed by atoms with van der Waals surface area (Å²) >= 11 is 0. The maximum atomic E-state index is 12.0. The van der Waals surface area contributed by atoms with E-state index in [0.717, 1.165) is 4.57 Å². The molecule has 0 atom stereocenters. The Bertz CT molecular complexity index is 807. The minimum atomic E-state index is -0.593. The molecule has 0 fully saturated rings. The predicted molar refractivity (Wildman–Crippen MR) is 74.7 cm³/mol. The van der Waals surface area contributed by atoms with Crippen molar-refractivity contribution in [1.29, 1.82) is 0 Å². The van der Waals surface area contributed by atoms with Gasteiger partial charge in [-0.2, -0.15) is 0 Å². The number of fused-ring (bicyclic) bond motifs is 1. The Morgan fingerprint density at radius 1 is 1.25 bits per heavy atom. The van der Waals surface area contributed by atoms with Crippen LogP contribution in [0.15, 0.2) is 15.9 Å². The molecule has 108 valence electrons. The van der Waals surface area contributed by atoms with E-state index >= 15 is 0 Å². The highest BCUT2D eigenvalue weighted by atomic mass is 16.2. The van der Waals surface area contributed by atoms with Gasteiger partial charge in [-0.3, -0.25) is 18.7 Å². The largest absolute Gasteiger partial charge is 0.332 e. The van der Waals surface area contributed by atoms with Gasteiger partial charge in [-0.15, -0.1) is 0 Å². The third kappa shape index (κ3) is 1.99. The van der Waals surface area contributed by atoms with Crippen LogP contribution < -0.4 is 11.2 Å². The molecular weight excluding hydrogens is 260 g/mol. The predicted octanol–water partition coefficient (Wildman–Crippen LogP) is 0.0489. The maximum absolute atomic E-state index is 12.0. The monoisotopic (exact) mass is 278 g/mol. The highest BCUT2D eigenvalue weighted by Gasteiger charge is 2.26. The average Bonchev–Trinajstić information content (AvgIpc) is 2.76. The van der Waals surface area contributed by atoms with E-state index in [0.29, 0.717) is 12.2 Å². The molecule has 0 aromatic carbocycles. The van der Waals surface area contributed by atoms with Crippen LogP contribution in [0.4, 0.5) is 0 Å².